The van der Waals surface area contributed by atoms with Crippen LogP contribution in [0.1, 0.15) is 23.6 Å². The lowest BCUT2D eigenvalue weighted by atomic mass is 9.98. The van der Waals surface area contributed by atoms with Crippen molar-refractivity contribution in [3.05, 3.63) is 103 Å². The molecule has 6 nitrogen and oxygen atoms in total. The third kappa shape index (κ3) is 4.14. The smallest absolute Gasteiger partial charge is 0.331 e. The molecule has 0 aliphatic heterocycles. The Bertz CT molecular complexity index is 1040. The van der Waals surface area contributed by atoms with E-state index in [0.717, 1.165) is 15.7 Å². The number of rotatable bonds is 6. The van der Waals surface area contributed by atoms with Gasteiger partial charge in [-0.2, -0.15) is 0 Å². The molecule has 7 heteroatoms. The van der Waals surface area contributed by atoms with Crippen molar-refractivity contribution < 1.29 is 9.53 Å². The molecule has 0 unspecified atom stereocenters. The number of halogens is 1. The maximum Gasteiger partial charge on any atom is 0.331 e. The SMILES string of the molecule is COC(=O)CCn1c(=O)c(Br)cn(C(c2ccccc2)c2ccccc2)c1=O. The first-order valence-electron chi connectivity index (χ1n) is 8.71. The summed E-state index contributed by atoms with van der Waals surface area (Å²) in [4.78, 5) is 37.2. The second kappa shape index (κ2) is 8.84. The minimum Gasteiger partial charge on any atom is -0.469 e. The summed E-state index contributed by atoms with van der Waals surface area (Å²) < 4.78 is 7.43. The van der Waals surface area contributed by atoms with E-state index in [-0.39, 0.29) is 17.4 Å². The van der Waals surface area contributed by atoms with Crippen molar-refractivity contribution in [3.63, 3.8) is 0 Å². The molecular weight excluding hydrogens is 424 g/mol. The van der Waals surface area contributed by atoms with E-state index >= 15 is 0 Å². The van der Waals surface area contributed by atoms with E-state index in [1.807, 2.05) is 60.7 Å². The predicted molar refractivity (Wildman–Crippen MR) is 109 cm³/mol. The van der Waals surface area contributed by atoms with E-state index in [1.165, 1.54) is 17.9 Å². The highest BCUT2D eigenvalue weighted by Gasteiger charge is 2.21. The number of carbonyl (C=O) groups is 1. The first-order chi connectivity index (χ1) is 13.5. The lowest BCUT2D eigenvalue weighted by Gasteiger charge is -2.22. The zero-order valence-electron chi connectivity index (χ0n) is 15.2. The van der Waals surface area contributed by atoms with Crippen molar-refractivity contribution in [2.75, 3.05) is 7.11 Å². The minimum atomic E-state index is -0.491. The summed E-state index contributed by atoms with van der Waals surface area (Å²) in [6, 6.07) is 18.7. The summed E-state index contributed by atoms with van der Waals surface area (Å²) in [5, 5.41) is 0. The number of methoxy groups -OCH3 is 1. The lowest BCUT2D eigenvalue weighted by molar-refractivity contribution is -0.140. The molecular formula is C21H19BrN2O4. The molecule has 3 rings (SSSR count). The van der Waals surface area contributed by atoms with Gasteiger partial charge in [0.15, 0.2) is 0 Å². The first kappa shape index (κ1) is 19.8. The van der Waals surface area contributed by atoms with Crippen LogP contribution in [0.3, 0.4) is 0 Å². The van der Waals surface area contributed by atoms with Gasteiger partial charge in [-0.15, -0.1) is 0 Å². The third-order valence-electron chi connectivity index (χ3n) is 4.43. The van der Waals surface area contributed by atoms with Crippen molar-refractivity contribution in [3.8, 4) is 0 Å². The summed E-state index contributed by atoms with van der Waals surface area (Å²) in [5.41, 5.74) is 0.835. The normalized spacial score (nSPS) is 10.8. The fourth-order valence-corrected chi connectivity index (χ4v) is 3.49. The number of esters is 1. The molecule has 0 radical (unpaired) electrons. The Morgan fingerprint density at radius 3 is 2.04 bits per heavy atom. The standard InChI is InChI=1S/C21H19BrN2O4/c1-28-18(25)12-13-23-20(26)17(22)14-24(21(23)27)19(15-8-4-2-5-9-15)16-10-6-3-7-11-16/h2-11,14,19H,12-13H2,1H3. The molecule has 0 N–H and O–H groups in total. The Labute approximate surface area is 170 Å². The van der Waals surface area contributed by atoms with Crippen LogP contribution in [0.4, 0.5) is 0 Å². The Hall–Kier alpha value is -2.93. The average Bonchev–Trinajstić information content (AvgIpc) is 2.73. The third-order valence-corrected chi connectivity index (χ3v) is 4.97. The highest BCUT2D eigenvalue weighted by Crippen LogP contribution is 2.25. The van der Waals surface area contributed by atoms with Crippen LogP contribution < -0.4 is 11.2 Å². The van der Waals surface area contributed by atoms with Crippen LogP contribution in [0.15, 0.2) is 80.9 Å². The summed E-state index contributed by atoms with van der Waals surface area (Å²) in [6.45, 7) is -0.0555. The second-order valence-electron chi connectivity index (χ2n) is 6.17. The highest BCUT2D eigenvalue weighted by molar-refractivity contribution is 9.10. The number of benzene rings is 2. The van der Waals surface area contributed by atoms with Crippen molar-refractivity contribution >= 4 is 21.9 Å². The van der Waals surface area contributed by atoms with Crippen molar-refractivity contribution in [1.82, 2.24) is 9.13 Å². The van der Waals surface area contributed by atoms with Gasteiger partial charge < -0.3 is 4.74 Å². The maximum absolute atomic E-state index is 13.2. The van der Waals surface area contributed by atoms with E-state index in [9.17, 15) is 14.4 Å². The molecule has 2 aromatic carbocycles. The molecule has 0 saturated heterocycles. The van der Waals surface area contributed by atoms with E-state index in [0.29, 0.717) is 0 Å². The monoisotopic (exact) mass is 442 g/mol. The van der Waals surface area contributed by atoms with Crippen molar-refractivity contribution in [2.24, 2.45) is 0 Å². The van der Waals surface area contributed by atoms with Gasteiger partial charge in [0.2, 0.25) is 0 Å². The number of hydrogen-bond acceptors (Lipinski definition) is 4. The lowest BCUT2D eigenvalue weighted by Crippen LogP contribution is -2.42. The van der Waals surface area contributed by atoms with E-state index in [4.69, 9.17) is 0 Å². The molecule has 3 aromatic rings. The summed E-state index contributed by atoms with van der Waals surface area (Å²) in [5.74, 6) is -0.486. The van der Waals surface area contributed by atoms with Gasteiger partial charge in [0, 0.05) is 12.7 Å². The molecule has 0 saturated carbocycles. The quantitative estimate of drug-likeness (QED) is 0.550. The van der Waals surface area contributed by atoms with Gasteiger partial charge in [-0.25, -0.2) is 4.79 Å². The highest BCUT2D eigenvalue weighted by atomic mass is 79.9. The Morgan fingerprint density at radius 1 is 1.00 bits per heavy atom. The first-order valence-corrected chi connectivity index (χ1v) is 9.50. The van der Waals surface area contributed by atoms with Gasteiger partial charge in [-0.1, -0.05) is 60.7 Å². The largest absolute Gasteiger partial charge is 0.469 e. The van der Waals surface area contributed by atoms with Crippen LogP contribution in [0.5, 0.6) is 0 Å². The van der Waals surface area contributed by atoms with E-state index in [1.54, 1.807) is 0 Å². The molecule has 0 spiro atoms. The summed E-state index contributed by atoms with van der Waals surface area (Å²) >= 11 is 3.26. The fraction of sp³-hybridized carbons (Fsp3) is 0.190. The van der Waals surface area contributed by atoms with Crippen LogP contribution in [-0.2, 0) is 16.1 Å². The van der Waals surface area contributed by atoms with Gasteiger partial charge >= 0.3 is 11.7 Å². The summed E-state index contributed by atoms with van der Waals surface area (Å²) in [6.07, 6.45) is 1.44. The molecule has 0 fully saturated rings. The van der Waals surface area contributed by atoms with Crippen LogP contribution in [0.2, 0.25) is 0 Å². The number of ether oxygens (including phenoxy) is 1. The minimum absolute atomic E-state index is 0.0555. The van der Waals surface area contributed by atoms with Gasteiger partial charge in [0.25, 0.3) is 5.56 Å². The topological polar surface area (TPSA) is 70.3 Å². The number of hydrogen-bond donors (Lipinski definition) is 0. The zero-order chi connectivity index (χ0) is 20.1. The molecule has 144 valence electrons. The molecule has 1 aromatic heterocycles. The molecule has 1 heterocycles. The number of carbonyl (C=O) groups excluding carboxylic acids is 1. The molecule has 0 aliphatic carbocycles. The van der Waals surface area contributed by atoms with Gasteiger partial charge in [-0.05, 0) is 27.1 Å². The molecule has 0 atom stereocenters. The van der Waals surface area contributed by atoms with Crippen LogP contribution in [-0.4, -0.2) is 22.2 Å². The molecule has 0 aliphatic rings. The van der Waals surface area contributed by atoms with Gasteiger partial charge in [0.1, 0.15) is 0 Å². The van der Waals surface area contributed by atoms with Crippen LogP contribution in [0, 0.1) is 0 Å². The van der Waals surface area contributed by atoms with Gasteiger partial charge in [-0.3, -0.25) is 18.7 Å². The molecule has 28 heavy (non-hydrogen) atoms. The number of nitrogens with zero attached hydrogens (tertiary/aromatic N) is 2. The van der Waals surface area contributed by atoms with E-state index in [2.05, 4.69) is 20.7 Å². The molecule has 0 amide bonds. The maximum atomic E-state index is 13.2. The number of aromatic nitrogens is 2. The van der Waals surface area contributed by atoms with Gasteiger partial charge in [0.05, 0.1) is 24.0 Å². The zero-order valence-corrected chi connectivity index (χ0v) is 16.8. The van der Waals surface area contributed by atoms with Crippen molar-refractivity contribution in [1.29, 1.82) is 0 Å². The van der Waals surface area contributed by atoms with Crippen LogP contribution >= 0.6 is 15.9 Å². The summed E-state index contributed by atoms with van der Waals surface area (Å²) in [7, 11) is 1.27. The molecule has 0 bridgehead atoms. The van der Waals surface area contributed by atoms with E-state index < -0.39 is 23.3 Å². The fourth-order valence-electron chi connectivity index (χ4n) is 3.06. The van der Waals surface area contributed by atoms with Crippen LogP contribution in [0.25, 0.3) is 0 Å². The Balaban J connectivity index is 2.18. The second-order valence-corrected chi connectivity index (χ2v) is 7.03. The predicted octanol–water partition coefficient (Wildman–Crippen LogP) is 2.97. The average molecular weight is 443 g/mol. The Kier molecular flexibility index (Phi) is 6.26. The Morgan fingerprint density at radius 2 is 1.54 bits per heavy atom. The van der Waals surface area contributed by atoms with Crippen molar-refractivity contribution in [2.45, 2.75) is 19.0 Å².